The van der Waals surface area contributed by atoms with Crippen LogP contribution in [0.4, 0.5) is 0 Å². The van der Waals surface area contributed by atoms with Gasteiger partial charge in [-0.05, 0) is 6.92 Å². The van der Waals surface area contributed by atoms with E-state index in [-0.39, 0.29) is 28.8 Å². The van der Waals surface area contributed by atoms with E-state index in [1.165, 1.54) is 0 Å². The fourth-order valence-electron chi connectivity index (χ4n) is 1.52. The lowest BCUT2D eigenvalue weighted by Crippen LogP contribution is -2.51. The van der Waals surface area contributed by atoms with Gasteiger partial charge in [0.25, 0.3) is 0 Å². The maximum Gasteiger partial charge on any atom is 0.110 e. The minimum Gasteiger partial charge on any atom is -0.394 e. The summed E-state index contributed by atoms with van der Waals surface area (Å²) in [6, 6.07) is 0. The van der Waals surface area contributed by atoms with Crippen LogP contribution in [0.1, 0.15) is 13.8 Å². The summed E-state index contributed by atoms with van der Waals surface area (Å²) >= 11 is 4.22. The monoisotopic (exact) mass is 412 g/mol. The molecule has 0 spiro atoms. The molecule has 0 aliphatic carbocycles. The molecule has 0 amide bonds. The predicted octanol–water partition coefficient (Wildman–Crippen LogP) is 1.94. The number of ether oxygens (including phenoxy) is 1. The van der Waals surface area contributed by atoms with E-state index in [0.29, 0.717) is 5.92 Å². The summed E-state index contributed by atoms with van der Waals surface area (Å²) in [6.45, 7) is 4.22. The Hall–Kier alpha value is 1.34. The molecule has 1 aliphatic rings. The fourth-order valence-corrected chi connectivity index (χ4v) is 4.06. The molecule has 0 aromatic heterocycles. The van der Waals surface area contributed by atoms with Gasteiger partial charge in [0.1, 0.15) is 23.0 Å². The van der Waals surface area contributed by atoms with Gasteiger partial charge in [-0.1, -0.05) is 29.5 Å². The lowest BCUT2D eigenvalue weighted by atomic mass is 9.91. The molecule has 0 bridgehead atoms. The Morgan fingerprint density at radius 1 is 1.46 bits per heavy atom. The zero-order valence-electron chi connectivity index (χ0n) is 7.61. The van der Waals surface area contributed by atoms with Gasteiger partial charge < -0.3 is 12.9 Å². The van der Waals surface area contributed by atoms with Crippen LogP contribution in [-0.4, -0.2) is 33.9 Å². The Morgan fingerprint density at radius 3 is 2.54 bits per heavy atom. The van der Waals surface area contributed by atoms with E-state index in [4.69, 9.17) is 12.9 Å². The van der Waals surface area contributed by atoms with Gasteiger partial charge in [0, 0.05) is 5.92 Å². The van der Waals surface area contributed by atoms with Crippen molar-refractivity contribution in [1.82, 2.24) is 0 Å². The molecule has 5 atom stereocenters. The van der Waals surface area contributed by atoms with Crippen molar-refractivity contribution in [3.05, 3.63) is 0 Å². The highest BCUT2D eigenvalue weighted by Crippen LogP contribution is 2.33. The van der Waals surface area contributed by atoms with E-state index in [0.717, 1.165) is 0 Å². The fraction of sp³-hybridized carbons (Fsp3) is 1.00. The highest BCUT2D eigenvalue weighted by molar-refractivity contribution is 14.1. The van der Waals surface area contributed by atoms with E-state index in [1.54, 1.807) is 0 Å². The van der Waals surface area contributed by atoms with Gasteiger partial charge in [0.15, 0.2) is 0 Å². The number of hydrogen-bond acceptors (Lipinski definition) is 3. The molecule has 0 aromatic rings. The smallest absolute Gasteiger partial charge is 0.110 e. The highest BCUT2D eigenvalue weighted by atomic mass is 127. The Balaban J connectivity index is 2.69. The summed E-state index contributed by atoms with van der Waals surface area (Å²) in [5.41, 5.74) is 0. The number of aliphatic hydroxyl groups is 1. The Bertz CT molecular complexity index is 167. The van der Waals surface area contributed by atoms with Gasteiger partial charge in [-0.25, -0.2) is 0 Å². The lowest BCUT2D eigenvalue weighted by Gasteiger charge is -2.40. The summed E-state index contributed by atoms with van der Waals surface area (Å²) in [5, 5.41) is 9.09. The van der Waals surface area contributed by atoms with E-state index < -0.39 is 0 Å². The van der Waals surface area contributed by atoms with Crippen molar-refractivity contribution in [3.63, 3.8) is 0 Å². The maximum atomic E-state index is 9.09. The van der Waals surface area contributed by atoms with Crippen molar-refractivity contribution in [3.8, 4) is 0 Å². The topological polar surface area (TPSA) is 38.7 Å². The number of halogens is 2. The molecule has 1 N–H and O–H groups in total. The molecule has 0 radical (unpaired) electrons. The highest BCUT2D eigenvalue weighted by Gasteiger charge is 2.40. The molecular formula is C8H14I2O3. The van der Waals surface area contributed by atoms with Gasteiger partial charge in [-0.3, -0.25) is 0 Å². The second kappa shape index (κ2) is 5.43. The van der Waals surface area contributed by atoms with E-state index in [1.807, 2.05) is 29.9 Å². The minimum absolute atomic E-state index is 0.0706. The normalized spacial score (nSPS) is 46.4. The van der Waals surface area contributed by atoms with E-state index in [9.17, 15) is 0 Å². The van der Waals surface area contributed by atoms with Gasteiger partial charge in [0.2, 0.25) is 0 Å². The zero-order chi connectivity index (χ0) is 10.0. The van der Waals surface area contributed by atoms with Crippen LogP contribution < -0.4 is 0 Å². The van der Waals surface area contributed by atoms with Crippen LogP contribution in [0.25, 0.3) is 0 Å². The van der Waals surface area contributed by atoms with Crippen molar-refractivity contribution < 1.29 is 12.9 Å². The molecule has 1 aliphatic heterocycles. The van der Waals surface area contributed by atoms with Crippen LogP contribution in [0.2, 0.25) is 0 Å². The van der Waals surface area contributed by atoms with Crippen molar-refractivity contribution in [2.75, 3.05) is 6.61 Å². The molecule has 3 nitrogen and oxygen atoms in total. The second-order valence-electron chi connectivity index (χ2n) is 3.42. The summed E-state index contributed by atoms with van der Waals surface area (Å²) in [5.74, 6) is 0.376. The standard InChI is InChI=1S/C8H14I2O3/c1-4-5(2)12-6(3-11)7(9)8(4)13-10/h4-8,11H,3H2,1-2H3/t4-,5+,6?,7+,8?/m0/s1. The quantitative estimate of drug-likeness (QED) is 0.557. The van der Waals surface area contributed by atoms with Crippen LogP contribution in [0, 0.1) is 5.92 Å². The third kappa shape index (κ3) is 2.67. The van der Waals surface area contributed by atoms with E-state index >= 15 is 0 Å². The lowest BCUT2D eigenvalue weighted by molar-refractivity contribution is -0.113. The average Bonchev–Trinajstić information content (AvgIpc) is 2.12. The van der Waals surface area contributed by atoms with Gasteiger partial charge >= 0.3 is 0 Å². The predicted molar refractivity (Wildman–Crippen MR) is 67.3 cm³/mol. The first-order chi connectivity index (χ1) is 6.11. The first kappa shape index (κ1) is 12.4. The molecule has 13 heavy (non-hydrogen) atoms. The van der Waals surface area contributed by atoms with Crippen molar-refractivity contribution >= 4 is 45.6 Å². The third-order valence-electron chi connectivity index (χ3n) is 2.60. The Kier molecular flexibility index (Phi) is 5.18. The first-order valence-corrected chi connectivity index (χ1v) is 6.42. The maximum absolute atomic E-state index is 9.09. The summed E-state index contributed by atoms with van der Waals surface area (Å²) < 4.78 is 11.3. The Morgan fingerprint density at radius 2 is 2.08 bits per heavy atom. The van der Waals surface area contributed by atoms with Gasteiger partial charge in [-0.15, -0.1) is 0 Å². The largest absolute Gasteiger partial charge is 0.394 e. The van der Waals surface area contributed by atoms with Crippen LogP contribution >= 0.6 is 45.6 Å². The molecule has 78 valence electrons. The van der Waals surface area contributed by atoms with Crippen molar-refractivity contribution in [2.24, 2.45) is 5.92 Å². The molecule has 1 saturated heterocycles. The number of alkyl halides is 1. The number of hydrogen-bond donors (Lipinski definition) is 1. The molecule has 0 aromatic carbocycles. The molecular weight excluding hydrogens is 398 g/mol. The van der Waals surface area contributed by atoms with Crippen molar-refractivity contribution in [1.29, 1.82) is 0 Å². The molecule has 1 rings (SSSR count). The summed E-state index contributed by atoms with van der Waals surface area (Å²) in [4.78, 5) is 0. The average molecular weight is 412 g/mol. The van der Waals surface area contributed by atoms with Crippen LogP contribution in [0.5, 0.6) is 0 Å². The second-order valence-corrected chi connectivity index (χ2v) is 5.37. The number of rotatable bonds is 2. The molecule has 1 fully saturated rings. The van der Waals surface area contributed by atoms with Gasteiger partial charge in [0.05, 0.1) is 28.8 Å². The summed E-state index contributed by atoms with van der Waals surface area (Å²) in [7, 11) is 0. The molecule has 0 saturated carbocycles. The molecule has 2 unspecified atom stereocenters. The Labute approximate surface area is 106 Å². The third-order valence-corrected chi connectivity index (χ3v) is 4.70. The number of aliphatic hydroxyl groups excluding tert-OH is 1. The summed E-state index contributed by atoms with van der Waals surface area (Å²) in [6.07, 6.45) is 0.233. The first-order valence-electron chi connectivity index (χ1n) is 4.29. The van der Waals surface area contributed by atoms with Crippen LogP contribution in [0.15, 0.2) is 0 Å². The van der Waals surface area contributed by atoms with E-state index in [2.05, 4.69) is 29.5 Å². The molecule has 1 heterocycles. The minimum atomic E-state index is -0.0911. The van der Waals surface area contributed by atoms with Crippen LogP contribution in [-0.2, 0) is 7.80 Å². The molecule has 5 heteroatoms. The van der Waals surface area contributed by atoms with Crippen molar-refractivity contribution in [2.45, 2.75) is 36.1 Å². The van der Waals surface area contributed by atoms with Crippen LogP contribution in [0.3, 0.4) is 0 Å². The zero-order valence-corrected chi connectivity index (χ0v) is 11.9. The SMILES string of the molecule is C[C@@H]1C(OI)[C@H](I)C(CO)O[C@@H]1C. The van der Waals surface area contributed by atoms with Gasteiger partial charge in [-0.2, -0.15) is 0 Å².